The van der Waals surface area contributed by atoms with Crippen molar-refractivity contribution in [2.75, 3.05) is 6.54 Å². The summed E-state index contributed by atoms with van der Waals surface area (Å²) in [6.45, 7) is 6.34. The lowest BCUT2D eigenvalue weighted by molar-refractivity contribution is -0.139. The van der Waals surface area contributed by atoms with Crippen molar-refractivity contribution in [3.8, 4) is 0 Å². The van der Waals surface area contributed by atoms with Crippen molar-refractivity contribution in [3.63, 3.8) is 0 Å². The minimum Gasteiger partial charge on any atom is -0.444 e. The van der Waals surface area contributed by atoms with Crippen molar-refractivity contribution >= 4 is 30.0 Å². The molecule has 164 valence electrons. The van der Waals surface area contributed by atoms with E-state index in [1.807, 2.05) is 0 Å². The molecule has 0 spiro atoms. The van der Waals surface area contributed by atoms with Gasteiger partial charge in [-0.1, -0.05) is 43.7 Å². The first kappa shape index (κ1) is 24.8. The first-order valence-corrected chi connectivity index (χ1v) is 9.68. The van der Waals surface area contributed by atoms with E-state index in [2.05, 4.69) is 16.0 Å². The highest BCUT2D eigenvalue weighted by Crippen LogP contribution is 2.10. The van der Waals surface area contributed by atoms with Crippen LogP contribution in [0.5, 0.6) is 0 Å². The zero-order valence-electron chi connectivity index (χ0n) is 17.7. The van der Waals surface area contributed by atoms with Crippen LogP contribution in [0.15, 0.2) is 30.3 Å². The van der Waals surface area contributed by atoms with Crippen LogP contribution in [0.25, 0.3) is 0 Å². The van der Waals surface area contributed by atoms with Crippen LogP contribution in [0.2, 0.25) is 0 Å². The maximum Gasteiger partial charge on any atom is 0.408 e. The van der Waals surface area contributed by atoms with Crippen LogP contribution in [-0.4, -0.2) is 48.2 Å². The number of hydrogen-bond acceptors (Lipinski definition) is 6. The molecular formula is C21H29N3O6. The molecule has 3 N–H and O–H groups in total. The third-order valence-electron chi connectivity index (χ3n) is 3.83. The van der Waals surface area contributed by atoms with Crippen LogP contribution < -0.4 is 16.0 Å². The smallest absolute Gasteiger partial charge is 0.408 e. The van der Waals surface area contributed by atoms with Gasteiger partial charge in [-0.3, -0.25) is 14.4 Å². The Labute approximate surface area is 175 Å². The minimum atomic E-state index is -1.07. The molecule has 0 saturated heterocycles. The molecule has 2 atom stereocenters. The maximum atomic E-state index is 12.4. The van der Waals surface area contributed by atoms with E-state index < -0.39 is 47.9 Å². The molecule has 0 aliphatic rings. The van der Waals surface area contributed by atoms with Crippen molar-refractivity contribution in [1.82, 2.24) is 16.0 Å². The lowest BCUT2D eigenvalue weighted by Crippen LogP contribution is -2.50. The van der Waals surface area contributed by atoms with E-state index >= 15 is 0 Å². The summed E-state index contributed by atoms with van der Waals surface area (Å²) in [4.78, 5) is 59.7. The molecule has 1 rings (SSSR count). The van der Waals surface area contributed by atoms with E-state index in [1.165, 1.54) is 0 Å². The normalized spacial score (nSPS) is 12.8. The summed E-state index contributed by atoms with van der Waals surface area (Å²) in [6.07, 6.45) is 0.538. The van der Waals surface area contributed by atoms with Crippen LogP contribution in [0.4, 0.5) is 4.79 Å². The lowest BCUT2D eigenvalue weighted by Gasteiger charge is -2.22. The summed E-state index contributed by atoms with van der Waals surface area (Å²) in [5.41, 5.74) is -0.161. The van der Waals surface area contributed by atoms with E-state index in [4.69, 9.17) is 4.74 Å². The Morgan fingerprint density at radius 3 is 2.23 bits per heavy atom. The second-order valence-corrected chi connectivity index (χ2v) is 7.63. The Morgan fingerprint density at radius 1 is 1.07 bits per heavy atom. The topological polar surface area (TPSA) is 131 Å². The summed E-state index contributed by atoms with van der Waals surface area (Å²) in [7, 11) is 0. The zero-order chi connectivity index (χ0) is 22.7. The average Bonchev–Trinajstić information content (AvgIpc) is 2.68. The van der Waals surface area contributed by atoms with E-state index in [0.717, 1.165) is 0 Å². The van der Waals surface area contributed by atoms with E-state index in [1.54, 1.807) is 58.0 Å². The number of amides is 3. The van der Waals surface area contributed by atoms with Crippen molar-refractivity contribution in [2.24, 2.45) is 0 Å². The number of carbonyl (C=O) groups excluding carboxylic acids is 5. The van der Waals surface area contributed by atoms with Crippen LogP contribution in [-0.2, 0) is 23.9 Å². The van der Waals surface area contributed by atoms with Gasteiger partial charge in [0.25, 0.3) is 5.91 Å². The van der Waals surface area contributed by atoms with Crippen LogP contribution >= 0.6 is 0 Å². The van der Waals surface area contributed by atoms with Gasteiger partial charge in [0.15, 0.2) is 0 Å². The molecule has 0 fully saturated rings. The second-order valence-electron chi connectivity index (χ2n) is 7.63. The van der Waals surface area contributed by atoms with E-state index in [-0.39, 0.29) is 6.42 Å². The number of nitrogens with one attached hydrogen (secondary N) is 3. The molecule has 1 aromatic rings. The van der Waals surface area contributed by atoms with Gasteiger partial charge < -0.3 is 25.5 Å². The first-order valence-electron chi connectivity index (χ1n) is 9.68. The van der Waals surface area contributed by atoms with Crippen molar-refractivity contribution in [2.45, 2.75) is 58.2 Å². The average molecular weight is 419 g/mol. The third-order valence-corrected chi connectivity index (χ3v) is 3.83. The van der Waals surface area contributed by atoms with Gasteiger partial charge in [0.2, 0.25) is 11.7 Å². The number of ether oxygens (including phenoxy) is 1. The molecule has 0 saturated carbocycles. The van der Waals surface area contributed by atoms with Gasteiger partial charge in [0, 0.05) is 0 Å². The summed E-state index contributed by atoms with van der Waals surface area (Å²) < 4.78 is 5.11. The first-order chi connectivity index (χ1) is 14.1. The molecule has 0 bridgehead atoms. The van der Waals surface area contributed by atoms with Crippen molar-refractivity contribution in [1.29, 1.82) is 0 Å². The zero-order valence-corrected chi connectivity index (χ0v) is 17.7. The number of ketones is 1. The maximum absolute atomic E-state index is 12.4. The minimum absolute atomic E-state index is 0.235. The Morgan fingerprint density at radius 2 is 1.70 bits per heavy atom. The quantitative estimate of drug-likeness (QED) is 0.388. The van der Waals surface area contributed by atoms with Gasteiger partial charge in [-0.25, -0.2) is 4.79 Å². The summed E-state index contributed by atoms with van der Waals surface area (Å²) in [5, 5.41) is 7.07. The number of Topliss-reactive ketones (excluding diaryl/α,β-unsaturated/α-hetero) is 1. The molecule has 30 heavy (non-hydrogen) atoms. The highest BCUT2D eigenvalue weighted by molar-refractivity contribution is 6.38. The Bertz CT molecular complexity index is 758. The van der Waals surface area contributed by atoms with Gasteiger partial charge in [-0.2, -0.15) is 0 Å². The molecule has 0 aliphatic heterocycles. The standard InChI is InChI=1S/C21H29N3O6/c1-5-9-15(24-20(29)30-21(2,3)4)18(27)19(28)22-12-17(26)23-16(13-25)14-10-7-6-8-11-14/h6-8,10-11,13,15-16H,5,9,12H2,1-4H3,(H,22,28)(H,23,26)(H,24,29)/t15?,16-/m1/s1. The van der Waals surface area contributed by atoms with E-state index in [0.29, 0.717) is 18.3 Å². The number of alkyl carbamates (subject to hydrolysis) is 1. The summed E-state index contributed by atoms with van der Waals surface area (Å²) in [5.74, 6) is -2.53. The molecular weight excluding hydrogens is 390 g/mol. The molecule has 0 heterocycles. The van der Waals surface area contributed by atoms with E-state index in [9.17, 15) is 24.0 Å². The largest absolute Gasteiger partial charge is 0.444 e. The molecule has 1 unspecified atom stereocenters. The predicted molar refractivity (Wildman–Crippen MR) is 109 cm³/mol. The van der Waals surface area contributed by atoms with Gasteiger partial charge >= 0.3 is 6.09 Å². The van der Waals surface area contributed by atoms with Gasteiger partial charge in [0.05, 0.1) is 6.54 Å². The number of aldehydes is 1. The van der Waals surface area contributed by atoms with Crippen LogP contribution in [0.1, 0.15) is 52.1 Å². The predicted octanol–water partition coefficient (Wildman–Crippen LogP) is 1.42. The lowest BCUT2D eigenvalue weighted by atomic mass is 10.1. The molecule has 9 heteroatoms. The summed E-state index contributed by atoms with van der Waals surface area (Å²) in [6, 6.07) is 6.65. The second kappa shape index (κ2) is 11.7. The SMILES string of the molecule is CCCC(NC(=O)OC(C)(C)C)C(=O)C(=O)NCC(=O)N[C@H](C=O)c1ccccc1. The third kappa shape index (κ3) is 8.85. The Hall–Kier alpha value is -3.23. The Balaban J connectivity index is 2.61. The van der Waals surface area contributed by atoms with Gasteiger partial charge in [-0.05, 0) is 32.8 Å². The fourth-order valence-electron chi connectivity index (χ4n) is 2.49. The highest BCUT2D eigenvalue weighted by Gasteiger charge is 2.28. The molecule has 3 amide bonds. The number of benzene rings is 1. The number of rotatable bonds is 10. The molecule has 9 nitrogen and oxygen atoms in total. The molecule has 0 radical (unpaired) electrons. The number of carbonyl (C=O) groups is 5. The fourth-order valence-corrected chi connectivity index (χ4v) is 2.49. The van der Waals surface area contributed by atoms with Crippen LogP contribution in [0.3, 0.4) is 0 Å². The summed E-state index contributed by atoms with van der Waals surface area (Å²) >= 11 is 0. The van der Waals surface area contributed by atoms with Gasteiger partial charge in [0.1, 0.15) is 24.0 Å². The molecule has 0 aromatic heterocycles. The van der Waals surface area contributed by atoms with Gasteiger partial charge in [-0.15, -0.1) is 0 Å². The van der Waals surface area contributed by atoms with Crippen molar-refractivity contribution in [3.05, 3.63) is 35.9 Å². The fraction of sp³-hybridized carbons (Fsp3) is 0.476. The molecule has 1 aromatic carbocycles. The number of hydrogen-bond donors (Lipinski definition) is 3. The Kier molecular flexibility index (Phi) is 9.67. The molecule has 0 aliphatic carbocycles. The highest BCUT2D eigenvalue weighted by atomic mass is 16.6. The van der Waals surface area contributed by atoms with Crippen molar-refractivity contribution < 1.29 is 28.7 Å². The monoisotopic (exact) mass is 419 g/mol. The van der Waals surface area contributed by atoms with Crippen LogP contribution in [0, 0.1) is 0 Å².